The predicted octanol–water partition coefficient (Wildman–Crippen LogP) is 3.02. The van der Waals surface area contributed by atoms with Crippen LogP contribution in [0.3, 0.4) is 0 Å². The number of nitrogens with zero attached hydrogens (tertiary/aromatic N) is 4. The van der Waals surface area contributed by atoms with Gasteiger partial charge < -0.3 is 5.32 Å². The van der Waals surface area contributed by atoms with Gasteiger partial charge in [-0.15, -0.1) is 11.3 Å². The number of hydroxylamine groups is 1. The molecular formula is C17H14N6O2S. The molecule has 0 atom stereocenters. The van der Waals surface area contributed by atoms with E-state index in [4.69, 9.17) is 5.21 Å². The number of amides is 1. The van der Waals surface area contributed by atoms with E-state index < -0.39 is 5.91 Å². The molecule has 8 nitrogen and oxygen atoms in total. The number of nitrogens with one attached hydrogen (secondary N) is 2. The van der Waals surface area contributed by atoms with Crippen LogP contribution in [0.5, 0.6) is 0 Å². The average molecular weight is 366 g/mol. The molecule has 4 heterocycles. The third kappa shape index (κ3) is 2.89. The molecule has 0 fully saturated rings. The monoisotopic (exact) mass is 366 g/mol. The SMILES string of the molecule is Cc1nc2ccccn2c1-c1ccnc(Nc2csc(C(=O)NO)c2)n1. The Hall–Kier alpha value is -3.30. The van der Waals surface area contributed by atoms with Crippen molar-refractivity contribution in [3.8, 4) is 11.4 Å². The highest BCUT2D eigenvalue weighted by molar-refractivity contribution is 7.12. The van der Waals surface area contributed by atoms with Crippen LogP contribution in [0.25, 0.3) is 17.0 Å². The van der Waals surface area contributed by atoms with Crippen molar-refractivity contribution in [1.82, 2.24) is 24.8 Å². The Balaban J connectivity index is 1.67. The van der Waals surface area contributed by atoms with Gasteiger partial charge >= 0.3 is 0 Å². The van der Waals surface area contributed by atoms with Crippen molar-refractivity contribution in [2.75, 3.05) is 5.32 Å². The number of imidazole rings is 1. The Bertz CT molecular complexity index is 1100. The van der Waals surface area contributed by atoms with Crippen LogP contribution in [0.1, 0.15) is 15.4 Å². The average Bonchev–Trinajstić information content (AvgIpc) is 3.24. The molecule has 0 aliphatic heterocycles. The van der Waals surface area contributed by atoms with Gasteiger partial charge in [-0.05, 0) is 31.2 Å². The summed E-state index contributed by atoms with van der Waals surface area (Å²) in [4.78, 5) is 25.2. The maximum absolute atomic E-state index is 11.4. The van der Waals surface area contributed by atoms with Gasteiger partial charge in [0.15, 0.2) is 0 Å². The fourth-order valence-electron chi connectivity index (χ4n) is 2.68. The van der Waals surface area contributed by atoms with Crippen molar-refractivity contribution in [3.05, 3.63) is 58.7 Å². The van der Waals surface area contributed by atoms with Crippen molar-refractivity contribution >= 4 is 34.5 Å². The number of aryl methyl sites for hydroxylation is 1. The number of carbonyl (C=O) groups excluding carboxylic acids is 1. The molecule has 26 heavy (non-hydrogen) atoms. The second kappa shape index (κ2) is 6.54. The van der Waals surface area contributed by atoms with Crippen molar-refractivity contribution in [1.29, 1.82) is 0 Å². The van der Waals surface area contributed by atoms with E-state index >= 15 is 0 Å². The molecule has 4 rings (SSSR count). The molecule has 0 bridgehead atoms. The van der Waals surface area contributed by atoms with Gasteiger partial charge in [-0.3, -0.25) is 14.4 Å². The van der Waals surface area contributed by atoms with E-state index in [-0.39, 0.29) is 0 Å². The summed E-state index contributed by atoms with van der Waals surface area (Å²) < 4.78 is 1.98. The normalized spacial score (nSPS) is 10.8. The number of carbonyl (C=O) groups is 1. The van der Waals surface area contributed by atoms with E-state index in [0.29, 0.717) is 16.5 Å². The highest BCUT2D eigenvalue weighted by atomic mass is 32.1. The number of rotatable bonds is 4. The first-order valence-corrected chi connectivity index (χ1v) is 8.61. The molecule has 0 saturated heterocycles. The van der Waals surface area contributed by atoms with E-state index in [1.54, 1.807) is 23.1 Å². The van der Waals surface area contributed by atoms with E-state index in [2.05, 4.69) is 20.3 Å². The summed E-state index contributed by atoms with van der Waals surface area (Å²) in [6.45, 7) is 1.94. The lowest BCUT2D eigenvalue weighted by Crippen LogP contribution is -2.16. The highest BCUT2D eigenvalue weighted by Gasteiger charge is 2.13. The molecule has 0 aliphatic carbocycles. The van der Waals surface area contributed by atoms with E-state index in [9.17, 15) is 4.79 Å². The molecule has 130 valence electrons. The molecule has 4 aromatic rings. The molecule has 0 aromatic carbocycles. The van der Waals surface area contributed by atoms with Crippen LogP contribution >= 0.6 is 11.3 Å². The zero-order valence-corrected chi connectivity index (χ0v) is 14.5. The van der Waals surface area contributed by atoms with Crippen LogP contribution in [-0.4, -0.2) is 30.5 Å². The molecule has 9 heteroatoms. The van der Waals surface area contributed by atoms with E-state index in [1.807, 2.05) is 41.8 Å². The molecule has 3 N–H and O–H groups in total. The zero-order valence-electron chi connectivity index (χ0n) is 13.7. The number of pyridine rings is 1. The van der Waals surface area contributed by atoms with E-state index in [0.717, 1.165) is 22.7 Å². The summed E-state index contributed by atoms with van der Waals surface area (Å²) >= 11 is 1.20. The first-order valence-electron chi connectivity index (χ1n) is 7.73. The maximum atomic E-state index is 11.4. The Morgan fingerprint density at radius 3 is 3.00 bits per heavy atom. The maximum Gasteiger partial charge on any atom is 0.284 e. The summed E-state index contributed by atoms with van der Waals surface area (Å²) in [5.41, 5.74) is 5.64. The third-order valence-electron chi connectivity index (χ3n) is 3.78. The van der Waals surface area contributed by atoms with Gasteiger partial charge in [0.05, 0.1) is 27.6 Å². The smallest absolute Gasteiger partial charge is 0.284 e. The molecular weight excluding hydrogens is 352 g/mol. The number of hydrogen-bond donors (Lipinski definition) is 3. The lowest BCUT2D eigenvalue weighted by Gasteiger charge is -2.06. The summed E-state index contributed by atoms with van der Waals surface area (Å²) in [5.74, 6) is -0.152. The van der Waals surface area contributed by atoms with Gasteiger partial charge in [-0.25, -0.2) is 20.4 Å². The lowest BCUT2D eigenvalue weighted by molar-refractivity contribution is 0.0711. The topological polar surface area (TPSA) is 104 Å². The van der Waals surface area contributed by atoms with Gasteiger partial charge in [0.25, 0.3) is 5.91 Å². The van der Waals surface area contributed by atoms with Crippen molar-refractivity contribution in [3.63, 3.8) is 0 Å². The number of thiophene rings is 1. The number of hydrogen-bond acceptors (Lipinski definition) is 7. The minimum atomic E-state index is -0.556. The fraction of sp³-hybridized carbons (Fsp3) is 0.0588. The van der Waals surface area contributed by atoms with Gasteiger partial charge in [-0.2, -0.15) is 0 Å². The standard InChI is InChI=1S/C17H14N6O2S/c1-10-15(23-7-3-2-4-14(23)19-10)12-5-6-18-17(21-12)20-11-8-13(26-9-11)16(24)22-25/h2-9,25H,1H3,(H,22,24)(H,18,20,21). The van der Waals surface area contributed by atoms with Gasteiger partial charge in [0, 0.05) is 17.8 Å². The van der Waals surface area contributed by atoms with Gasteiger partial charge in [0.1, 0.15) is 5.65 Å². The minimum Gasteiger partial charge on any atom is -0.323 e. The van der Waals surface area contributed by atoms with Crippen molar-refractivity contribution < 1.29 is 10.0 Å². The van der Waals surface area contributed by atoms with Crippen LogP contribution in [0.2, 0.25) is 0 Å². The van der Waals surface area contributed by atoms with Crippen LogP contribution < -0.4 is 10.8 Å². The summed E-state index contributed by atoms with van der Waals surface area (Å²) in [6.07, 6.45) is 3.61. The summed E-state index contributed by atoms with van der Waals surface area (Å²) in [7, 11) is 0. The van der Waals surface area contributed by atoms with Gasteiger partial charge in [-0.1, -0.05) is 6.07 Å². The quantitative estimate of drug-likeness (QED) is 0.379. The molecule has 0 aliphatic rings. The second-order valence-corrected chi connectivity index (χ2v) is 6.42. The summed E-state index contributed by atoms with van der Waals surface area (Å²) in [6, 6.07) is 9.26. The molecule has 0 unspecified atom stereocenters. The molecule has 4 aromatic heterocycles. The Kier molecular flexibility index (Phi) is 4.07. The number of fused-ring (bicyclic) bond motifs is 1. The number of aromatic nitrogens is 4. The molecule has 1 amide bonds. The summed E-state index contributed by atoms with van der Waals surface area (Å²) in [5, 5.41) is 13.5. The van der Waals surface area contributed by atoms with Crippen LogP contribution in [0.15, 0.2) is 48.1 Å². The van der Waals surface area contributed by atoms with Crippen LogP contribution in [0, 0.1) is 6.92 Å². The largest absolute Gasteiger partial charge is 0.323 e. The highest BCUT2D eigenvalue weighted by Crippen LogP contribution is 2.25. The Morgan fingerprint density at radius 2 is 2.15 bits per heavy atom. The van der Waals surface area contributed by atoms with Crippen molar-refractivity contribution in [2.45, 2.75) is 6.92 Å². The van der Waals surface area contributed by atoms with Gasteiger partial charge in [0.2, 0.25) is 5.95 Å². The first kappa shape index (κ1) is 16.2. The fourth-order valence-corrected chi connectivity index (χ4v) is 3.41. The van der Waals surface area contributed by atoms with Crippen molar-refractivity contribution in [2.24, 2.45) is 0 Å². The molecule has 0 spiro atoms. The Morgan fingerprint density at radius 1 is 1.27 bits per heavy atom. The first-order chi connectivity index (χ1) is 12.7. The molecule has 0 saturated carbocycles. The minimum absolute atomic E-state index is 0.379. The predicted molar refractivity (Wildman–Crippen MR) is 97.8 cm³/mol. The molecule has 0 radical (unpaired) electrons. The zero-order chi connectivity index (χ0) is 18.1. The van der Waals surface area contributed by atoms with Crippen LogP contribution in [-0.2, 0) is 0 Å². The third-order valence-corrected chi connectivity index (χ3v) is 4.71. The second-order valence-electron chi connectivity index (χ2n) is 5.51. The Labute approximate surface area is 152 Å². The lowest BCUT2D eigenvalue weighted by atomic mass is 10.2. The van der Waals surface area contributed by atoms with Crippen LogP contribution in [0.4, 0.5) is 11.6 Å². The number of anilines is 2. The van der Waals surface area contributed by atoms with E-state index in [1.165, 1.54) is 11.3 Å².